The number of halogens is 4. The third kappa shape index (κ3) is 6.24. The number of carbonyl (C=O) groups is 2. The second kappa shape index (κ2) is 13.7. The van der Waals surface area contributed by atoms with E-state index in [-0.39, 0.29) is 85.0 Å². The van der Waals surface area contributed by atoms with Crippen LogP contribution in [0.25, 0.3) is 32.1 Å². The molecule has 0 bridgehead atoms. The van der Waals surface area contributed by atoms with E-state index in [0.29, 0.717) is 19.4 Å². The number of nitrogen functional groups attached to an aromatic ring is 1. The first-order valence-corrected chi connectivity index (χ1v) is 17.3. The molecule has 2 aliphatic rings. The van der Waals surface area contributed by atoms with Crippen molar-refractivity contribution in [3.63, 3.8) is 0 Å². The molecule has 4 heterocycles. The van der Waals surface area contributed by atoms with Crippen molar-refractivity contribution in [2.24, 2.45) is 0 Å². The summed E-state index contributed by atoms with van der Waals surface area (Å²) in [6.45, 7) is 1.46. The Kier molecular flexibility index (Phi) is 9.73. The Labute approximate surface area is 295 Å². The lowest BCUT2D eigenvalue weighted by molar-refractivity contribution is -0.127. The standard InChI is InChI=1S/C34H36ClF3N8O3S/c1-43(2)33(48)45(4)24(47)7-5-11-44(3)31-20-13-22(35)26(19-8-9-23(37)29-25(19)21(15-39)30(40)50-29)27(38)28(20)41-32(42-31)49-17-34-10-6-12-46(34)16-18(36)14-34/h8-9,13,18H,5-7,10-12,14,16-17,40H2,1-4H3/t18-,34+/m1/s1. The molecule has 4 aromatic rings. The van der Waals surface area contributed by atoms with Gasteiger partial charge in [-0.25, -0.2) is 18.0 Å². The number of anilines is 2. The summed E-state index contributed by atoms with van der Waals surface area (Å²) < 4.78 is 52.5. The Morgan fingerprint density at radius 3 is 2.72 bits per heavy atom. The van der Waals surface area contributed by atoms with Crippen molar-refractivity contribution in [2.45, 2.75) is 43.8 Å². The number of hydrogen-bond donors (Lipinski definition) is 1. The van der Waals surface area contributed by atoms with E-state index in [1.54, 1.807) is 26.0 Å². The zero-order valence-corrected chi connectivity index (χ0v) is 29.6. The predicted molar refractivity (Wildman–Crippen MR) is 187 cm³/mol. The number of alkyl halides is 1. The third-order valence-electron chi connectivity index (χ3n) is 9.56. The van der Waals surface area contributed by atoms with Crippen LogP contribution in [-0.4, -0.2) is 103 Å². The topological polar surface area (TPSA) is 132 Å². The summed E-state index contributed by atoms with van der Waals surface area (Å²) in [4.78, 5) is 40.2. The maximum absolute atomic E-state index is 16.9. The van der Waals surface area contributed by atoms with Gasteiger partial charge in [-0.05, 0) is 43.5 Å². The van der Waals surface area contributed by atoms with Gasteiger partial charge in [0.2, 0.25) is 5.91 Å². The van der Waals surface area contributed by atoms with Crippen LogP contribution in [0.2, 0.25) is 5.02 Å². The number of fused-ring (bicyclic) bond motifs is 3. The average Bonchev–Trinajstić information content (AvgIpc) is 3.73. The number of benzene rings is 2. The number of carbonyl (C=O) groups excluding carboxylic acids is 2. The van der Waals surface area contributed by atoms with Crippen molar-refractivity contribution in [3.8, 4) is 23.2 Å². The molecule has 2 aromatic heterocycles. The molecule has 2 aliphatic heterocycles. The molecule has 0 spiro atoms. The van der Waals surface area contributed by atoms with Crippen LogP contribution in [0.4, 0.5) is 28.8 Å². The summed E-state index contributed by atoms with van der Waals surface area (Å²) >= 11 is 7.67. The number of nitrogens with two attached hydrogens (primary N) is 1. The molecule has 2 saturated heterocycles. The summed E-state index contributed by atoms with van der Waals surface area (Å²) in [6, 6.07) is 5.43. The molecule has 6 rings (SSSR count). The average molecular weight is 729 g/mol. The summed E-state index contributed by atoms with van der Waals surface area (Å²) in [5.41, 5.74) is 5.46. The minimum atomic E-state index is -0.980. The quantitative estimate of drug-likeness (QED) is 0.214. The van der Waals surface area contributed by atoms with E-state index >= 15 is 4.39 Å². The maximum Gasteiger partial charge on any atom is 0.325 e. The van der Waals surface area contributed by atoms with Crippen molar-refractivity contribution in [2.75, 3.05) is 65.1 Å². The first kappa shape index (κ1) is 35.4. The fourth-order valence-corrected chi connectivity index (χ4v) is 8.31. The fourth-order valence-electron chi connectivity index (χ4n) is 7.07. The van der Waals surface area contributed by atoms with Crippen LogP contribution < -0.4 is 15.4 Å². The molecule has 2 fully saturated rings. The largest absolute Gasteiger partial charge is 0.461 e. The monoisotopic (exact) mass is 728 g/mol. The first-order valence-electron chi connectivity index (χ1n) is 16.1. The number of nitrogens with zero attached hydrogens (tertiary/aromatic N) is 7. The fraction of sp³-hybridized carbons (Fsp3) is 0.441. The van der Waals surface area contributed by atoms with Crippen LogP contribution in [0.3, 0.4) is 0 Å². The molecule has 0 aliphatic carbocycles. The van der Waals surface area contributed by atoms with Gasteiger partial charge in [0.25, 0.3) is 0 Å². The summed E-state index contributed by atoms with van der Waals surface area (Å²) in [5, 5.41) is 10.3. The SMILES string of the molecule is CN(C)C(=O)N(C)C(=O)CCCN(C)c1nc(OC[C@@]23CCCN2C[C@H](F)C3)nc2c(F)c(-c3ccc(F)c4sc(N)c(C#N)c34)c(Cl)cc12. The highest BCUT2D eigenvalue weighted by atomic mass is 35.5. The predicted octanol–water partition coefficient (Wildman–Crippen LogP) is 6.21. The summed E-state index contributed by atoms with van der Waals surface area (Å²) in [6.07, 6.45) is 1.36. The number of nitriles is 1. The molecule has 2 atom stereocenters. The second-order valence-electron chi connectivity index (χ2n) is 13.0. The third-order valence-corrected chi connectivity index (χ3v) is 10.9. The van der Waals surface area contributed by atoms with Gasteiger partial charge in [0.1, 0.15) is 41.0 Å². The Morgan fingerprint density at radius 2 is 2.00 bits per heavy atom. The Balaban J connectivity index is 1.41. The van der Waals surface area contributed by atoms with Crippen LogP contribution in [0, 0.1) is 23.0 Å². The summed E-state index contributed by atoms with van der Waals surface area (Å²) in [7, 11) is 6.23. The lowest BCUT2D eigenvalue weighted by Crippen LogP contribution is -2.43. The van der Waals surface area contributed by atoms with Crippen LogP contribution in [0.5, 0.6) is 6.01 Å². The van der Waals surface area contributed by atoms with E-state index in [9.17, 15) is 23.6 Å². The molecule has 11 nitrogen and oxygen atoms in total. The molecular formula is C34H36ClF3N8O3S. The molecular weight excluding hydrogens is 693 g/mol. The minimum Gasteiger partial charge on any atom is -0.461 e. The van der Waals surface area contributed by atoms with Gasteiger partial charge in [-0.1, -0.05) is 17.7 Å². The number of hydrogen-bond acceptors (Lipinski definition) is 10. The molecule has 16 heteroatoms. The number of imide groups is 1. The molecule has 0 saturated carbocycles. The van der Waals surface area contributed by atoms with Crippen molar-refractivity contribution in [1.82, 2.24) is 24.7 Å². The zero-order valence-electron chi connectivity index (χ0n) is 28.0. The normalized spacial score (nSPS) is 18.7. The van der Waals surface area contributed by atoms with Crippen molar-refractivity contribution >= 4 is 66.7 Å². The highest BCUT2D eigenvalue weighted by Crippen LogP contribution is 2.46. The molecule has 0 radical (unpaired) electrons. The maximum atomic E-state index is 16.9. The molecule has 264 valence electrons. The number of rotatable bonds is 9. The number of ether oxygens (including phenoxy) is 1. The van der Waals surface area contributed by atoms with Gasteiger partial charge < -0.3 is 20.3 Å². The van der Waals surface area contributed by atoms with Gasteiger partial charge in [0, 0.05) is 70.5 Å². The number of urea groups is 1. The highest BCUT2D eigenvalue weighted by Gasteiger charge is 2.49. The van der Waals surface area contributed by atoms with E-state index < -0.39 is 29.4 Å². The molecule has 2 aromatic carbocycles. The first-order chi connectivity index (χ1) is 23.8. The van der Waals surface area contributed by atoms with Gasteiger partial charge in [0.15, 0.2) is 5.82 Å². The van der Waals surface area contributed by atoms with Crippen molar-refractivity contribution in [3.05, 3.63) is 40.4 Å². The van der Waals surface area contributed by atoms with E-state index in [1.165, 1.54) is 30.1 Å². The van der Waals surface area contributed by atoms with Crippen molar-refractivity contribution < 1.29 is 27.5 Å². The van der Waals surface area contributed by atoms with Crippen molar-refractivity contribution in [1.29, 1.82) is 5.26 Å². The number of amides is 3. The molecule has 2 N–H and O–H groups in total. The minimum absolute atomic E-state index is 0.0118. The van der Waals surface area contributed by atoms with Gasteiger partial charge in [-0.2, -0.15) is 15.2 Å². The van der Waals surface area contributed by atoms with Gasteiger partial charge >= 0.3 is 12.0 Å². The van der Waals surface area contributed by atoms with E-state index in [2.05, 4.69) is 14.9 Å². The van der Waals surface area contributed by atoms with Crippen LogP contribution in [0.15, 0.2) is 18.2 Å². The van der Waals surface area contributed by atoms with Crippen LogP contribution in [-0.2, 0) is 4.79 Å². The molecule has 50 heavy (non-hydrogen) atoms. The smallest absolute Gasteiger partial charge is 0.325 e. The van der Waals surface area contributed by atoms with E-state index in [1.807, 2.05) is 6.07 Å². The Hall–Kier alpha value is -4.39. The number of aromatic nitrogens is 2. The second-order valence-corrected chi connectivity index (χ2v) is 14.5. The van der Waals surface area contributed by atoms with E-state index in [4.69, 9.17) is 22.1 Å². The summed E-state index contributed by atoms with van der Waals surface area (Å²) in [5.74, 6) is -1.56. The highest BCUT2D eigenvalue weighted by molar-refractivity contribution is 7.23. The zero-order chi connectivity index (χ0) is 36.1. The number of thiophene rings is 1. The Bertz CT molecular complexity index is 2060. The van der Waals surface area contributed by atoms with Gasteiger partial charge in [0.05, 0.1) is 20.8 Å². The van der Waals surface area contributed by atoms with E-state index in [0.717, 1.165) is 35.6 Å². The lowest BCUT2D eigenvalue weighted by Gasteiger charge is -2.31. The Morgan fingerprint density at radius 1 is 1.24 bits per heavy atom. The molecule has 3 amide bonds. The van der Waals surface area contributed by atoms with Gasteiger partial charge in [-0.15, -0.1) is 11.3 Å². The lowest BCUT2D eigenvalue weighted by atomic mass is 9.95. The van der Waals surface area contributed by atoms with Gasteiger partial charge in [-0.3, -0.25) is 14.6 Å². The van der Waals surface area contributed by atoms with Crippen LogP contribution >= 0.6 is 22.9 Å². The van der Waals surface area contributed by atoms with Crippen LogP contribution in [0.1, 0.15) is 37.7 Å². The molecule has 0 unspecified atom stereocenters.